The first-order chi connectivity index (χ1) is 7.93. The summed E-state index contributed by atoms with van der Waals surface area (Å²) >= 11 is 6.70. The van der Waals surface area contributed by atoms with Crippen LogP contribution in [-0.4, -0.2) is 19.3 Å². The van der Waals surface area contributed by atoms with Crippen molar-refractivity contribution in [1.29, 1.82) is 0 Å². The van der Waals surface area contributed by atoms with Gasteiger partial charge in [-0.15, -0.1) is 0 Å². The third-order valence-corrected chi connectivity index (χ3v) is 2.97. The molecule has 1 N–H and O–H groups in total. The second kappa shape index (κ2) is 6.26. The van der Waals surface area contributed by atoms with E-state index in [0.717, 1.165) is 8.95 Å². The molecule has 0 saturated carbocycles. The maximum absolute atomic E-state index is 11.4. The lowest BCUT2D eigenvalue weighted by Gasteiger charge is -2.12. The lowest BCUT2D eigenvalue weighted by atomic mass is 10.3. The topological polar surface area (TPSA) is 47.6 Å². The molecule has 0 heterocycles. The second-order valence-electron chi connectivity index (χ2n) is 3.55. The summed E-state index contributed by atoms with van der Waals surface area (Å²) < 4.78 is 11.6. The number of hydrogen-bond acceptors (Lipinski definition) is 3. The van der Waals surface area contributed by atoms with E-state index in [9.17, 15) is 4.79 Å². The van der Waals surface area contributed by atoms with Crippen molar-refractivity contribution in [2.45, 2.75) is 20.0 Å². The van der Waals surface area contributed by atoms with Crippen LogP contribution >= 0.6 is 31.9 Å². The molecule has 4 nitrogen and oxygen atoms in total. The number of carbonyl (C=O) groups is 1. The number of methoxy groups -OCH3 is 1. The van der Waals surface area contributed by atoms with Crippen LogP contribution < -0.4 is 10.1 Å². The van der Waals surface area contributed by atoms with Gasteiger partial charge in [0, 0.05) is 5.69 Å². The molecule has 0 aromatic heterocycles. The van der Waals surface area contributed by atoms with Crippen LogP contribution in [-0.2, 0) is 4.74 Å². The van der Waals surface area contributed by atoms with E-state index >= 15 is 0 Å². The molecule has 0 radical (unpaired) electrons. The molecule has 1 aromatic carbocycles. The molecule has 0 bridgehead atoms. The Morgan fingerprint density at radius 3 is 2.24 bits per heavy atom. The van der Waals surface area contributed by atoms with Crippen molar-refractivity contribution in [3.8, 4) is 5.75 Å². The fourth-order valence-corrected chi connectivity index (χ4v) is 2.70. The lowest BCUT2D eigenvalue weighted by Crippen LogP contribution is -2.18. The highest BCUT2D eigenvalue weighted by molar-refractivity contribution is 9.11. The molecule has 0 spiro atoms. The highest BCUT2D eigenvalue weighted by atomic mass is 79.9. The van der Waals surface area contributed by atoms with Gasteiger partial charge >= 0.3 is 6.09 Å². The van der Waals surface area contributed by atoms with Crippen LogP contribution in [0.1, 0.15) is 13.8 Å². The number of halogens is 2. The van der Waals surface area contributed by atoms with Crippen LogP contribution in [0, 0.1) is 0 Å². The molecule has 0 unspecified atom stereocenters. The zero-order chi connectivity index (χ0) is 13.0. The summed E-state index contributed by atoms with van der Waals surface area (Å²) in [6.45, 7) is 3.58. The number of benzene rings is 1. The molecular weight excluding hydrogens is 354 g/mol. The standard InChI is InChI=1S/C11H13Br2NO3/c1-6(2)17-11(15)14-7-4-8(12)10(16-3)9(13)5-7/h4-6H,1-3H3,(H,14,15). The van der Waals surface area contributed by atoms with Gasteiger partial charge in [-0.1, -0.05) is 0 Å². The molecule has 94 valence electrons. The molecule has 0 aliphatic carbocycles. The van der Waals surface area contributed by atoms with E-state index in [4.69, 9.17) is 9.47 Å². The molecule has 1 amide bonds. The Morgan fingerprint density at radius 2 is 1.82 bits per heavy atom. The van der Waals surface area contributed by atoms with Gasteiger partial charge in [-0.3, -0.25) is 5.32 Å². The molecule has 0 aliphatic heterocycles. The van der Waals surface area contributed by atoms with Gasteiger partial charge in [0.15, 0.2) is 0 Å². The quantitative estimate of drug-likeness (QED) is 0.872. The predicted octanol–water partition coefficient (Wildman–Crippen LogP) is 4.18. The van der Waals surface area contributed by atoms with Crippen LogP contribution in [0.25, 0.3) is 0 Å². The summed E-state index contributed by atoms with van der Waals surface area (Å²) in [6.07, 6.45) is -0.635. The molecule has 0 saturated heterocycles. The van der Waals surface area contributed by atoms with Crippen molar-refractivity contribution < 1.29 is 14.3 Å². The maximum Gasteiger partial charge on any atom is 0.411 e. The van der Waals surface area contributed by atoms with Crippen molar-refractivity contribution in [3.05, 3.63) is 21.1 Å². The molecule has 6 heteroatoms. The van der Waals surface area contributed by atoms with Crippen molar-refractivity contribution in [2.24, 2.45) is 0 Å². The van der Waals surface area contributed by atoms with Crippen molar-refractivity contribution >= 4 is 43.6 Å². The van der Waals surface area contributed by atoms with Crippen LogP contribution in [0.4, 0.5) is 10.5 Å². The molecule has 1 rings (SSSR count). The first-order valence-electron chi connectivity index (χ1n) is 4.94. The summed E-state index contributed by atoms with van der Waals surface area (Å²) in [5.74, 6) is 0.674. The summed E-state index contributed by atoms with van der Waals surface area (Å²) in [7, 11) is 1.57. The first-order valence-corrected chi connectivity index (χ1v) is 6.53. The maximum atomic E-state index is 11.4. The van der Waals surface area contributed by atoms with Crippen LogP contribution in [0.15, 0.2) is 21.1 Å². The third kappa shape index (κ3) is 4.20. The Balaban J connectivity index is 2.83. The molecule has 17 heavy (non-hydrogen) atoms. The van der Waals surface area contributed by atoms with E-state index < -0.39 is 6.09 Å². The van der Waals surface area contributed by atoms with E-state index in [1.807, 2.05) is 0 Å². The highest BCUT2D eigenvalue weighted by Crippen LogP contribution is 2.36. The largest absolute Gasteiger partial charge is 0.494 e. The number of hydrogen-bond donors (Lipinski definition) is 1. The van der Waals surface area contributed by atoms with Crippen LogP contribution in [0.5, 0.6) is 5.75 Å². The fourth-order valence-electron chi connectivity index (χ4n) is 1.19. The van der Waals surface area contributed by atoms with Gasteiger partial charge in [0.2, 0.25) is 0 Å². The van der Waals surface area contributed by atoms with Gasteiger partial charge in [0.05, 0.1) is 22.2 Å². The fraction of sp³-hybridized carbons (Fsp3) is 0.364. The molecular formula is C11H13Br2NO3. The number of amides is 1. The monoisotopic (exact) mass is 365 g/mol. The number of anilines is 1. The van der Waals surface area contributed by atoms with E-state index in [0.29, 0.717) is 11.4 Å². The SMILES string of the molecule is COc1c(Br)cc(NC(=O)OC(C)C)cc1Br. The van der Waals surface area contributed by atoms with Gasteiger partial charge in [-0.05, 0) is 57.8 Å². The smallest absolute Gasteiger partial charge is 0.411 e. The van der Waals surface area contributed by atoms with E-state index in [1.165, 1.54) is 0 Å². The summed E-state index contributed by atoms with van der Waals surface area (Å²) in [5, 5.41) is 2.63. The minimum absolute atomic E-state index is 0.153. The van der Waals surface area contributed by atoms with Crippen molar-refractivity contribution in [1.82, 2.24) is 0 Å². The molecule has 1 aromatic rings. The van der Waals surface area contributed by atoms with Gasteiger partial charge < -0.3 is 9.47 Å². The highest BCUT2D eigenvalue weighted by Gasteiger charge is 2.11. The Hall–Kier alpha value is -0.750. The number of nitrogens with one attached hydrogen (secondary N) is 1. The van der Waals surface area contributed by atoms with E-state index in [2.05, 4.69) is 37.2 Å². The zero-order valence-electron chi connectivity index (χ0n) is 9.71. The van der Waals surface area contributed by atoms with Gasteiger partial charge in [0.1, 0.15) is 5.75 Å². The van der Waals surface area contributed by atoms with Crippen molar-refractivity contribution in [2.75, 3.05) is 12.4 Å². The molecule has 0 atom stereocenters. The number of rotatable bonds is 3. The zero-order valence-corrected chi connectivity index (χ0v) is 12.9. The summed E-state index contributed by atoms with van der Waals surface area (Å²) in [4.78, 5) is 11.4. The predicted molar refractivity (Wildman–Crippen MR) is 73.6 cm³/mol. The minimum atomic E-state index is -0.482. The Bertz CT molecular complexity index is 398. The normalized spacial score (nSPS) is 10.2. The van der Waals surface area contributed by atoms with Gasteiger partial charge in [0.25, 0.3) is 0 Å². The Kier molecular flexibility index (Phi) is 5.27. The Morgan fingerprint density at radius 1 is 1.29 bits per heavy atom. The van der Waals surface area contributed by atoms with Crippen molar-refractivity contribution in [3.63, 3.8) is 0 Å². The average molecular weight is 367 g/mol. The number of ether oxygens (including phenoxy) is 2. The molecule has 0 aliphatic rings. The lowest BCUT2D eigenvalue weighted by molar-refractivity contribution is 0.130. The van der Waals surface area contributed by atoms with Crippen LogP contribution in [0.2, 0.25) is 0 Å². The minimum Gasteiger partial charge on any atom is -0.494 e. The van der Waals surface area contributed by atoms with E-state index in [1.54, 1.807) is 33.1 Å². The first kappa shape index (κ1) is 14.3. The van der Waals surface area contributed by atoms with Gasteiger partial charge in [-0.2, -0.15) is 0 Å². The number of carbonyl (C=O) groups excluding carboxylic acids is 1. The third-order valence-electron chi connectivity index (χ3n) is 1.79. The average Bonchev–Trinajstić information content (AvgIpc) is 2.15. The van der Waals surface area contributed by atoms with Gasteiger partial charge in [-0.25, -0.2) is 4.79 Å². The summed E-state index contributed by atoms with van der Waals surface area (Å²) in [5.41, 5.74) is 0.621. The second-order valence-corrected chi connectivity index (χ2v) is 5.26. The molecule has 0 fully saturated rings. The van der Waals surface area contributed by atoms with Crippen LogP contribution in [0.3, 0.4) is 0 Å². The Labute approximate surface area is 117 Å². The summed E-state index contributed by atoms with van der Waals surface area (Å²) in [6, 6.07) is 3.48. The van der Waals surface area contributed by atoms with E-state index in [-0.39, 0.29) is 6.10 Å².